The minimum Gasteiger partial charge on any atom is -0.497 e. The molecule has 2 N–H and O–H groups in total. The lowest BCUT2D eigenvalue weighted by molar-refractivity contribution is 0.0914. The van der Waals surface area contributed by atoms with E-state index in [1.54, 1.807) is 13.2 Å². The first kappa shape index (κ1) is 19.4. The number of nitrogens with one attached hydrogen (secondary N) is 2. The van der Waals surface area contributed by atoms with Crippen LogP contribution in [-0.4, -0.2) is 28.5 Å². The van der Waals surface area contributed by atoms with Crippen LogP contribution in [0.25, 0.3) is 11.4 Å². The average molecular weight is 376 g/mol. The van der Waals surface area contributed by atoms with E-state index in [0.29, 0.717) is 17.3 Å². The number of aromatic nitrogens is 2. The van der Waals surface area contributed by atoms with Crippen molar-refractivity contribution in [1.29, 1.82) is 0 Å². The van der Waals surface area contributed by atoms with E-state index < -0.39 is 0 Å². The van der Waals surface area contributed by atoms with Gasteiger partial charge in [-0.3, -0.25) is 4.79 Å². The summed E-state index contributed by atoms with van der Waals surface area (Å²) < 4.78 is 5.19. The van der Waals surface area contributed by atoms with Crippen LogP contribution in [0.3, 0.4) is 0 Å². The number of carbonyl (C=O) groups excluding carboxylic acids is 1. The molecule has 3 aromatic rings. The smallest absolute Gasteiger partial charge is 0.270 e. The van der Waals surface area contributed by atoms with Gasteiger partial charge < -0.3 is 15.4 Å². The number of nitrogens with zero attached hydrogens (tertiary/aromatic N) is 2. The molecule has 0 spiro atoms. The zero-order chi connectivity index (χ0) is 20.1. The molecule has 1 heterocycles. The number of carbonyl (C=O) groups is 1. The zero-order valence-electron chi connectivity index (χ0n) is 16.5. The number of anilines is 2. The first-order valence-corrected chi connectivity index (χ1v) is 9.02. The van der Waals surface area contributed by atoms with Crippen molar-refractivity contribution in [1.82, 2.24) is 15.3 Å². The molecule has 0 saturated carbocycles. The highest BCUT2D eigenvalue weighted by molar-refractivity contribution is 5.94. The number of hydrogen-bond donors (Lipinski definition) is 2. The van der Waals surface area contributed by atoms with Crippen LogP contribution >= 0.6 is 0 Å². The summed E-state index contributed by atoms with van der Waals surface area (Å²) in [6.07, 6.45) is 0. The van der Waals surface area contributed by atoms with E-state index in [1.165, 1.54) is 0 Å². The molecule has 6 heteroatoms. The Hall–Kier alpha value is -3.41. The van der Waals surface area contributed by atoms with Gasteiger partial charge in [-0.25, -0.2) is 9.97 Å². The van der Waals surface area contributed by atoms with Crippen molar-refractivity contribution in [3.8, 4) is 17.1 Å². The van der Waals surface area contributed by atoms with E-state index in [0.717, 1.165) is 17.0 Å². The van der Waals surface area contributed by atoms with Gasteiger partial charge in [0.2, 0.25) is 0 Å². The van der Waals surface area contributed by atoms with E-state index in [2.05, 4.69) is 20.6 Å². The Bertz CT molecular complexity index is 949. The summed E-state index contributed by atoms with van der Waals surface area (Å²) in [5, 5.41) is 6.18. The molecule has 0 unspecified atom stereocenters. The molecule has 28 heavy (non-hydrogen) atoms. The fourth-order valence-electron chi connectivity index (χ4n) is 2.57. The van der Waals surface area contributed by atoms with Gasteiger partial charge in [0.05, 0.1) is 7.11 Å². The van der Waals surface area contributed by atoms with Crippen LogP contribution in [0, 0.1) is 0 Å². The fourth-order valence-corrected chi connectivity index (χ4v) is 2.57. The quantitative estimate of drug-likeness (QED) is 0.689. The van der Waals surface area contributed by atoms with Crippen molar-refractivity contribution >= 4 is 17.4 Å². The van der Waals surface area contributed by atoms with Crippen molar-refractivity contribution in [2.45, 2.75) is 26.3 Å². The average Bonchev–Trinajstić information content (AvgIpc) is 2.68. The lowest BCUT2D eigenvalue weighted by Crippen LogP contribution is -2.41. The maximum Gasteiger partial charge on any atom is 0.270 e. The molecule has 0 aliphatic heterocycles. The van der Waals surface area contributed by atoms with Gasteiger partial charge in [-0.2, -0.15) is 0 Å². The number of amides is 1. The summed E-state index contributed by atoms with van der Waals surface area (Å²) in [6.45, 7) is 5.79. The zero-order valence-corrected chi connectivity index (χ0v) is 16.5. The molecule has 0 bridgehead atoms. The second kappa shape index (κ2) is 8.08. The van der Waals surface area contributed by atoms with E-state index in [9.17, 15) is 4.79 Å². The summed E-state index contributed by atoms with van der Waals surface area (Å²) in [7, 11) is 1.62. The van der Waals surface area contributed by atoms with E-state index >= 15 is 0 Å². The normalized spacial score (nSPS) is 11.0. The number of ether oxygens (including phenoxy) is 1. The molecule has 1 amide bonds. The number of benzene rings is 2. The van der Waals surface area contributed by atoms with Crippen LogP contribution in [-0.2, 0) is 0 Å². The van der Waals surface area contributed by atoms with Crippen molar-refractivity contribution in [3.63, 3.8) is 0 Å². The largest absolute Gasteiger partial charge is 0.497 e. The van der Waals surface area contributed by atoms with Gasteiger partial charge in [-0.15, -0.1) is 0 Å². The van der Waals surface area contributed by atoms with Crippen LogP contribution in [0.5, 0.6) is 5.75 Å². The highest BCUT2D eigenvalue weighted by atomic mass is 16.5. The molecule has 6 nitrogen and oxygen atoms in total. The third-order valence-electron chi connectivity index (χ3n) is 3.84. The van der Waals surface area contributed by atoms with Crippen molar-refractivity contribution < 1.29 is 9.53 Å². The monoisotopic (exact) mass is 376 g/mol. The minimum absolute atomic E-state index is 0.245. The lowest BCUT2D eigenvalue weighted by Gasteiger charge is -2.20. The summed E-state index contributed by atoms with van der Waals surface area (Å²) >= 11 is 0. The Labute approximate surface area is 165 Å². The second-order valence-corrected chi connectivity index (χ2v) is 7.39. The Morgan fingerprint density at radius 1 is 0.964 bits per heavy atom. The van der Waals surface area contributed by atoms with Gasteiger partial charge in [0.15, 0.2) is 5.82 Å². The van der Waals surface area contributed by atoms with Crippen LogP contribution in [0.1, 0.15) is 31.3 Å². The highest BCUT2D eigenvalue weighted by Gasteiger charge is 2.18. The maximum absolute atomic E-state index is 12.7. The van der Waals surface area contributed by atoms with E-state index in [4.69, 9.17) is 4.74 Å². The molecule has 0 atom stereocenters. The fraction of sp³-hybridized carbons (Fsp3) is 0.227. The topological polar surface area (TPSA) is 76.1 Å². The highest BCUT2D eigenvalue weighted by Crippen LogP contribution is 2.22. The van der Waals surface area contributed by atoms with Crippen LogP contribution in [0.4, 0.5) is 11.5 Å². The number of rotatable bonds is 5. The molecule has 0 fully saturated rings. The SMILES string of the molecule is COc1ccc(Nc2cc(C(=O)NC(C)(C)C)nc(-c3ccccc3)n2)cc1. The Balaban J connectivity index is 1.97. The van der Waals surface area contributed by atoms with Gasteiger partial charge in [-0.1, -0.05) is 30.3 Å². The summed E-state index contributed by atoms with van der Waals surface area (Å²) in [5.74, 6) is 1.55. The predicted molar refractivity (Wildman–Crippen MR) is 111 cm³/mol. The number of hydrogen-bond acceptors (Lipinski definition) is 5. The third kappa shape index (κ3) is 5.07. The molecule has 1 aromatic heterocycles. The Morgan fingerprint density at radius 2 is 1.64 bits per heavy atom. The molecule has 0 aliphatic rings. The van der Waals surface area contributed by atoms with Gasteiger partial charge in [0.25, 0.3) is 5.91 Å². The van der Waals surface area contributed by atoms with Crippen molar-refractivity contribution in [3.05, 3.63) is 66.4 Å². The van der Waals surface area contributed by atoms with Gasteiger partial charge >= 0.3 is 0 Å². The Kier molecular flexibility index (Phi) is 5.59. The molecule has 2 aromatic carbocycles. The molecular formula is C22H24N4O2. The summed E-state index contributed by atoms with van der Waals surface area (Å²) in [5.41, 5.74) is 1.62. The van der Waals surface area contributed by atoms with Gasteiger partial charge in [-0.05, 0) is 45.0 Å². The molecule has 0 saturated heterocycles. The summed E-state index contributed by atoms with van der Waals surface area (Å²) in [6, 6.07) is 18.7. The van der Waals surface area contributed by atoms with Crippen LogP contribution < -0.4 is 15.4 Å². The first-order valence-electron chi connectivity index (χ1n) is 9.02. The van der Waals surface area contributed by atoms with Crippen molar-refractivity contribution in [2.24, 2.45) is 0 Å². The Morgan fingerprint density at radius 3 is 2.25 bits per heavy atom. The van der Waals surface area contributed by atoms with E-state index in [-0.39, 0.29) is 11.4 Å². The van der Waals surface area contributed by atoms with Crippen LogP contribution in [0.2, 0.25) is 0 Å². The van der Waals surface area contributed by atoms with Gasteiger partial charge in [0, 0.05) is 22.9 Å². The minimum atomic E-state index is -0.363. The lowest BCUT2D eigenvalue weighted by atomic mass is 10.1. The van der Waals surface area contributed by atoms with Gasteiger partial charge in [0.1, 0.15) is 17.3 Å². The molecule has 0 aliphatic carbocycles. The second-order valence-electron chi connectivity index (χ2n) is 7.39. The van der Waals surface area contributed by atoms with E-state index in [1.807, 2.05) is 75.4 Å². The maximum atomic E-state index is 12.7. The molecule has 144 valence electrons. The standard InChI is InChI=1S/C22H24N4O2/c1-22(2,3)26-21(27)18-14-19(23-16-10-12-17(28-4)13-11-16)25-20(24-18)15-8-6-5-7-9-15/h5-14H,1-4H3,(H,26,27)(H,23,24,25). The molecule has 0 radical (unpaired) electrons. The predicted octanol–water partition coefficient (Wildman–Crippen LogP) is 4.42. The summed E-state index contributed by atoms with van der Waals surface area (Å²) in [4.78, 5) is 21.7. The van der Waals surface area contributed by atoms with Crippen LogP contribution in [0.15, 0.2) is 60.7 Å². The number of methoxy groups -OCH3 is 1. The molecule has 3 rings (SSSR count). The molecular weight excluding hydrogens is 352 g/mol. The van der Waals surface area contributed by atoms with Crippen molar-refractivity contribution in [2.75, 3.05) is 12.4 Å². The third-order valence-corrected chi connectivity index (χ3v) is 3.84. The first-order chi connectivity index (χ1) is 13.3.